The normalized spacial score (nSPS) is 23.8. The van der Waals surface area contributed by atoms with Crippen molar-refractivity contribution in [2.75, 3.05) is 13.2 Å². The number of aliphatic hydroxyl groups excluding tert-OH is 1. The third kappa shape index (κ3) is 3.98. The number of pyridine rings is 1. The van der Waals surface area contributed by atoms with E-state index in [4.69, 9.17) is 35.8 Å². The summed E-state index contributed by atoms with van der Waals surface area (Å²) in [6, 6.07) is 20.8. The lowest BCUT2D eigenvalue weighted by Crippen LogP contribution is -2.35. The van der Waals surface area contributed by atoms with Crippen molar-refractivity contribution < 1.29 is 19.3 Å². The molecule has 2 aliphatic rings. The highest BCUT2D eigenvalue weighted by Crippen LogP contribution is 2.35. The van der Waals surface area contributed by atoms with Crippen LogP contribution in [0, 0.1) is 0 Å². The number of fused-ring (bicyclic) bond motifs is 2. The molecule has 8 heteroatoms. The Morgan fingerprint density at radius 2 is 1.63 bits per heavy atom. The number of benzene rings is 2. The molecule has 0 amide bonds. The first-order chi connectivity index (χ1) is 17.0. The summed E-state index contributed by atoms with van der Waals surface area (Å²) < 4.78 is 19.7. The van der Waals surface area contributed by atoms with Gasteiger partial charge in [-0.1, -0.05) is 66.2 Å². The summed E-state index contributed by atoms with van der Waals surface area (Å²) >= 11 is 6.73. The van der Waals surface area contributed by atoms with Gasteiger partial charge in [0.15, 0.2) is 11.8 Å². The molecule has 180 valence electrons. The van der Waals surface area contributed by atoms with Gasteiger partial charge in [-0.2, -0.15) is 4.98 Å². The molecule has 0 aliphatic carbocycles. The van der Waals surface area contributed by atoms with E-state index in [1.165, 1.54) is 0 Å². The average molecular weight is 492 g/mol. The van der Waals surface area contributed by atoms with Crippen molar-refractivity contribution >= 4 is 22.8 Å². The first-order valence-corrected chi connectivity index (χ1v) is 12.2. The van der Waals surface area contributed by atoms with Crippen LogP contribution in [0.15, 0.2) is 60.7 Å². The van der Waals surface area contributed by atoms with Gasteiger partial charge in [0.25, 0.3) is 6.01 Å². The van der Waals surface area contributed by atoms with Gasteiger partial charge in [0, 0.05) is 11.6 Å². The lowest BCUT2D eigenvalue weighted by Gasteiger charge is -2.19. The van der Waals surface area contributed by atoms with Crippen molar-refractivity contribution in [3.05, 3.63) is 65.7 Å². The van der Waals surface area contributed by atoms with Crippen molar-refractivity contribution in [2.45, 2.75) is 44.3 Å². The largest absolute Gasteiger partial charge is 0.456 e. The summed E-state index contributed by atoms with van der Waals surface area (Å²) in [5.74, 6) is 0. The Kier molecular flexibility index (Phi) is 5.73. The highest BCUT2D eigenvalue weighted by molar-refractivity contribution is 6.33. The van der Waals surface area contributed by atoms with Crippen LogP contribution in [-0.4, -0.2) is 57.3 Å². The minimum Gasteiger partial charge on any atom is -0.456 e. The van der Waals surface area contributed by atoms with Crippen molar-refractivity contribution in [1.29, 1.82) is 0 Å². The molecule has 1 unspecified atom stereocenters. The summed E-state index contributed by atoms with van der Waals surface area (Å²) in [7, 11) is 0. The van der Waals surface area contributed by atoms with Gasteiger partial charge in [-0.15, -0.1) is 0 Å². The van der Waals surface area contributed by atoms with Gasteiger partial charge in [-0.05, 0) is 31.0 Å². The quantitative estimate of drug-likeness (QED) is 0.427. The molecule has 2 saturated heterocycles. The van der Waals surface area contributed by atoms with Crippen LogP contribution < -0.4 is 4.74 Å². The molecular formula is C27H26ClN3O4. The Labute approximate surface area is 208 Å². The number of ether oxygens (including phenoxy) is 3. The standard InChI is InChI=1S/C27H26ClN3O4/c1-15(2)31-20-12-19(28)23(18-10-8-17(9-11-18)16-6-4-3-5-7-16)29-26(20)30-27(31)35-22-14-34-24-21(32)13-33-25(22)24/h3-12,15,21-22,24-25,32H,13-14H2,1-2H3/t21-,22-,24?,25-/m1/s1. The van der Waals surface area contributed by atoms with Crippen LogP contribution in [0.4, 0.5) is 0 Å². The minimum atomic E-state index is -0.631. The maximum atomic E-state index is 10.0. The number of halogens is 1. The van der Waals surface area contributed by atoms with E-state index in [0.29, 0.717) is 29.0 Å². The number of rotatable bonds is 5. The van der Waals surface area contributed by atoms with Crippen molar-refractivity contribution in [3.63, 3.8) is 0 Å². The van der Waals surface area contributed by atoms with E-state index in [-0.39, 0.29) is 31.0 Å². The Hall–Kier alpha value is -2.97. The molecule has 4 heterocycles. The molecule has 4 aromatic rings. The van der Waals surface area contributed by atoms with Crippen LogP contribution in [0.3, 0.4) is 0 Å². The van der Waals surface area contributed by atoms with Crippen LogP contribution in [-0.2, 0) is 9.47 Å². The number of nitrogens with zero attached hydrogens (tertiary/aromatic N) is 3. The number of hydrogen-bond donors (Lipinski definition) is 1. The van der Waals surface area contributed by atoms with E-state index in [1.54, 1.807) is 0 Å². The Bertz CT molecular complexity index is 1360. The lowest BCUT2D eigenvalue weighted by atomic mass is 10.0. The van der Waals surface area contributed by atoms with Gasteiger partial charge in [0.05, 0.1) is 29.4 Å². The molecule has 2 aromatic heterocycles. The molecule has 2 aliphatic heterocycles. The molecule has 0 saturated carbocycles. The Morgan fingerprint density at radius 1 is 0.943 bits per heavy atom. The zero-order valence-corrected chi connectivity index (χ0v) is 20.2. The molecule has 1 N–H and O–H groups in total. The molecule has 0 bridgehead atoms. The van der Waals surface area contributed by atoms with Crippen LogP contribution in [0.1, 0.15) is 19.9 Å². The van der Waals surface area contributed by atoms with Crippen molar-refractivity contribution in [1.82, 2.24) is 14.5 Å². The predicted molar refractivity (Wildman–Crippen MR) is 134 cm³/mol. The average Bonchev–Trinajstić information content (AvgIpc) is 3.54. The fraction of sp³-hybridized carbons (Fsp3) is 0.333. The molecule has 4 atom stereocenters. The SMILES string of the molecule is CC(C)n1c(O[C@@H]2COC3[C@H](O)CO[C@@H]32)nc2nc(-c3ccc(-c4ccccc4)cc3)c(Cl)cc21. The predicted octanol–water partition coefficient (Wildman–Crippen LogP) is 4.91. The third-order valence-electron chi connectivity index (χ3n) is 6.62. The van der Waals surface area contributed by atoms with Gasteiger partial charge in [0.1, 0.15) is 18.3 Å². The highest BCUT2D eigenvalue weighted by atomic mass is 35.5. The summed E-state index contributed by atoms with van der Waals surface area (Å²) in [6.07, 6.45) is -1.67. The molecular weight excluding hydrogens is 466 g/mol. The van der Waals surface area contributed by atoms with Gasteiger partial charge >= 0.3 is 0 Å². The molecule has 6 rings (SSSR count). The van der Waals surface area contributed by atoms with Crippen molar-refractivity contribution in [3.8, 4) is 28.4 Å². The third-order valence-corrected chi connectivity index (χ3v) is 6.91. The van der Waals surface area contributed by atoms with Gasteiger partial charge in [-0.25, -0.2) is 4.98 Å². The van der Waals surface area contributed by atoms with Gasteiger partial charge in [-0.3, -0.25) is 4.57 Å². The maximum absolute atomic E-state index is 10.0. The first kappa shape index (κ1) is 22.5. The molecule has 0 radical (unpaired) electrons. The van der Waals surface area contributed by atoms with E-state index in [0.717, 1.165) is 22.2 Å². The lowest BCUT2D eigenvalue weighted by molar-refractivity contribution is 0.00593. The van der Waals surface area contributed by atoms with E-state index < -0.39 is 6.10 Å². The Morgan fingerprint density at radius 3 is 2.37 bits per heavy atom. The van der Waals surface area contributed by atoms with Crippen LogP contribution >= 0.6 is 11.6 Å². The summed E-state index contributed by atoms with van der Waals surface area (Å²) in [6.45, 7) is 4.70. The fourth-order valence-electron chi connectivity index (χ4n) is 4.89. The van der Waals surface area contributed by atoms with E-state index >= 15 is 0 Å². The molecule has 7 nitrogen and oxygen atoms in total. The van der Waals surface area contributed by atoms with E-state index in [9.17, 15) is 5.11 Å². The van der Waals surface area contributed by atoms with Gasteiger partial charge < -0.3 is 19.3 Å². The minimum absolute atomic E-state index is 0.0667. The second-order valence-corrected chi connectivity index (χ2v) is 9.69. The molecule has 2 fully saturated rings. The summed E-state index contributed by atoms with van der Waals surface area (Å²) in [4.78, 5) is 9.54. The van der Waals surface area contributed by atoms with E-state index in [2.05, 4.69) is 38.1 Å². The number of hydrogen-bond acceptors (Lipinski definition) is 6. The summed E-state index contributed by atoms with van der Waals surface area (Å²) in [5, 5.41) is 10.6. The number of imidazole rings is 1. The van der Waals surface area contributed by atoms with E-state index in [1.807, 2.05) is 41.0 Å². The molecule has 0 spiro atoms. The number of aromatic nitrogens is 3. The second-order valence-electron chi connectivity index (χ2n) is 9.28. The maximum Gasteiger partial charge on any atom is 0.299 e. The van der Waals surface area contributed by atoms with Crippen LogP contribution in [0.2, 0.25) is 5.02 Å². The monoisotopic (exact) mass is 491 g/mol. The van der Waals surface area contributed by atoms with Crippen LogP contribution in [0.25, 0.3) is 33.5 Å². The molecule has 35 heavy (non-hydrogen) atoms. The zero-order chi connectivity index (χ0) is 24.1. The van der Waals surface area contributed by atoms with Crippen LogP contribution in [0.5, 0.6) is 6.01 Å². The smallest absolute Gasteiger partial charge is 0.299 e. The Balaban J connectivity index is 1.34. The highest BCUT2D eigenvalue weighted by Gasteiger charge is 2.49. The molecule has 2 aromatic carbocycles. The second kappa shape index (κ2) is 8.91. The number of aliphatic hydroxyl groups is 1. The van der Waals surface area contributed by atoms with Gasteiger partial charge in [0.2, 0.25) is 0 Å². The topological polar surface area (TPSA) is 78.6 Å². The fourth-order valence-corrected chi connectivity index (χ4v) is 5.15. The zero-order valence-electron chi connectivity index (χ0n) is 19.5. The van der Waals surface area contributed by atoms with Crippen molar-refractivity contribution in [2.24, 2.45) is 0 Å². The first-order valence-electron chi connectivity index (χ1n) is 11.8. The summed E-state index contributed by atoms with van der Waals surface area (Å²) in [5.41, 5.74) is 5.23.